The second-order valence-electron chi connectivity index (χ2n) is 9.77. The number of likely N-dealkylation sites (N-methyl/N-ethyl adjacent to an activating group) is 1. The quantitative estimate of drug-likeness (QED) is 0.365. The molecular formula is C30H26FN5O2. The molecule has 38 heavy (non-hydrogen) atoms. The number of carbonyl (C=O) groups is 1. The fourth-order valence-corrected chi connectivity index (χ4v) is 5.29. The molecule has 0 bridgehead atoms. The van der Waals surface area contributed by atoms with E-state index in [1.165, 1.54) is 34.7 Å². The van der Waals surface area contributed by atoms with Crippen LogP contribution in [0.15, 0.2) is 71.8 Å². The summed E-state index contributed by atoms with van der Waals surface area (Å²) in [6.45, 7) is 3.75. The van der Waals surface area contributed by atoms with Gasteiger partial charge < -0.3 is 15.6 Å². The number of hydrogen-bond acceptors (Lipinski definition) is 4. The molecule has 2 aromatic heterocycles. The molecule has 3 aromatic carbocycles. The van der Waals surface area contributed by atoms with Crippen molar-refractivity contribution >= 4 is 33.3 Å². The number of halogens is 1. The molecule has 0 fully saturated rings. The standard InChI is InChI=1S/C30H26FN5O2/c1-17-20(4-3-5-27(17)36-16-33-25-9-6-19(31)14-24(25)30(36)38)21-7-8-22(29(32)37)28-23(21)15-26(34-28)18-10-12-35(2)13-11-18/h3-10,14-16,34H,11-13H2,1-2H3,(H2,32,37). The normalized spacial score (nSPS) is 14.2. The smallest absolute Gasteiger partial charge is 0.265 e. The van der Waals surface area contributed by atoms with E-state index in [1.807, 2.05) is 31.2 Å². The first-order valence-corrected chi connectivity index (χ1v) is 12.4. The summed E-state index contributed by atoms with van der Waals surface area (Å²) in [5, 5.41) is 1.09. The highest BCUT2D eigenvalue weighted by Crippen LogP contribution is 2.37. The molecule has 0 aliphatic carbocycles. The van der Waals surface area contributed by atoms with Crippen LogP contribution >= 0.6 is 0 Å². The Morgan fingerprint density at radius 1 is 1.08 bits per heavy atom. The van der Waals surface area contributed by atoms with Gasteiger partial charge >= 0.3 is 0 Å². The van der Waals surface area contributed by atoms with Gasteiger partial charge in [0.25, 0.3) is 11.5 Å². The predicted molar refractivity (Wildman–Crippen MR) is 148 cm³/mol. The minimum absolute atomic E-state index is 0.215. The Morgan fingerprint density at radius 3 is 2.68 bits per heavy atom. The number of nitrogens with one attached hydrogen (secondary N) is 1. The molecule has 0 radical (unpaired) electrons. The first-order valence-electron chi connectivity index (χ1n) is 12.4. The molecular weight excluding hydrogens is 481 g/mol. The molecule has 1 aliphatic heterocycles. The van der Waals surface area contributed by atoms with Crippen LogP contribution in [-0.2, 0) is 0 Å². The second-order valence-corrected chi connectivity index (χ2v) is 9.77. The Labute approximate surface area is 218 Å². The zero-order valence-electron chi connectivity index (χ0n) is 21.1. The lowest BCUT2D eigenvalue weighted by atomic mass is 9.94. The SMILES string of the molecule is Cc1c(-c2ccc(C(N)=O)c3[nH]c(C4=CCN(C)CC4)cc23)cccc1-n1cnc2ccc(F)cc2c1=O. The van der Waals surface area contributed by atoms with Crippen LogP contribution in [0.25, 0.3) is 44.2 Å². The maximum atomic E-state index is 13.9. The van der Waals surface area contributed by atoms with Gasteiger partial charge in [0.15, 0.2) is 0 Å². The Kier molecular flexibility index (Phi) is 5.69. The van der Waals surface area contributed by atoms with Crippen molar-refractivity contribution in [1.82, 2.24) is 19.4 Å². The highest BCUT2D eigenvalue weighted by atomic mass is 19.1. The van der Waals surface area contributed by atoms with Gasteiger partial charge in [-0.3, -0.25) is 14.2 Å². The zero-order valence-corrected chi connectivity index (χ0v) is 21.1. The highest BCUT2D eigenvalue weighted by molar-refractivity contribution is 6.10. The number of carbonyl (C=O) groups excluding carboxylic acids is 1. The molecule has 0 spiro atoms. The number of benzene rings is 3. The third-order valence-electron chi connectivity index (χ3n) is 7.39. The predicted octanol–water partition coefficient (Wildman–Crippen LogP) is 4.80. The molecule has 0 atom stereocenters. The average Bonchev–Trinajstić information content (AvgIpc) is 3.35. The lowest BCUT2D eigenvalue weighted by Gasteiger charge is -2.21. The fourth-order valence-electron chi connectivity index (χ4n) is 5.29. The van der Waals surface area contributed by atoms with Crippen LogP contribution in [0, 0.1) is 12.7 Å². The van der Waals surface area contributed by atoms with E-state index in [4.69, 9.17) is 5.73 Å². The van der Waals surface area contributed by atoms with Crippen molar-refractivity contribution in [3.63, 3.8) is 0 Å². The minimum atomic E-state index is -0.501. The third kappa shape index (κ3) is 3.90. The van der Waals surface area contributed by atoms with Gasteiger partial charge in [0, 0.05) is 24.2 Å². The van der Waals surface area contributed by atoms with Crippen LogP contribution in [-0.4, -0.2) is 45.5 Å². The molecule has 0 unspecified atom stereocenters. The number of aromatic nitrogens is 3. The van der Waals surface area contributed by atoms with Crippen LogP contribution in [0.3, 0.4) is 0 Å². The first kappa shape index (κ1) is 23.8. The molecule has 3 heterocycles. The number of hydrogen-bond donors (Lipinski definition) is 2. The number of nitrogens with zero attached hydrogens (tertiary/aromatic N) is 3. The molecule has 6 rings (SSSR count). The zero-order chi connectivity index (χ0) is 26.6. The summed E-state index contributed by atoms with van der Waals surface area (Å²) < 4.78 is 15.3. The molecule has 7 nitrogen and oxygen atoms in total. The van der Waals surface area contributed by atoms with Gasteiger partial charge in [0.05, 0.1) is 27.7 Å². The molecule has 1 aliphatic rings. The van der Waals surface area contributed by atoms with Gasteiger partial charge in [-0.2, -0.15) is 0 Å². The summed E-state index contributed by atoms with van der Waals surface area (Å²) in [6, 6.07) is 15.4. The van der Waals surface area contributed by atoms with Gasteiger partial charge in [-0.15, -0.1) is 0 Å². The van der Waals surface area contributed by atoms with Crippen LogP contribution < -0.4 is 11.3 Å². The maximum absolute atomic E-state index is 13.9. The Morgan fingerprint density at radius 2 is 1.92 bits per heavy atom. The Hall–Kier alpha value is -4.56. The monoisotopic (exact) mass is 507 g/mol. The van der Waals surface area contributed by atoms with E-state index in [2.05, 4.69) is 34.1 Å². The highest BCUT2D eigenvalue weighted by Gasteiger charge is 2.19. The number of aromatic amines is 1. The van der Waals surface area contributed by atoms with Crippen molar-refractivity contribution in [3.05, 3.63) is 100.0 Å². The number of rotatable bonds is 4. The van der Waals surface area contributed by atoms with E-state index in [0.717, 1.165) is 47.3 Å². The molecule has 0 saturated carbocycles. The topological polar surface area (TPSA) is 97.0 Å². The summed E-state index contributed by atoms with van der Waals surface area (Å²) in [6.07, 6.45) is 4.57. The fraction of sp³-hybridized carbons (Fsp3) is 0.167. The van der Waals surface area contributed by atoms with E-state index in [-0.39, 0.29) is 10.9 Å². The van der Waals surface area contributed by atoms with Crippen molar-refractivity contribution in [2.45, 2.75) is 13.3 Å². The number of fused-ring (bicyclic) bond motifs is 2. The average molecular weight is 508 g/mol. The van der Waals surface area contributed by atoms with Crippen molar-refractivity contribution in [3.8, 4) is 16.8 Å². The van der Waals surface area contributed by atoms with Crippen molar-refractivity contribution in [2.75, 3.05) is 20.1 Å². The lowest BCUT2D eigenvalue weighted by Crippen LogP contribution is -2.23. The molecule has 0 saturated heterocycles. The van der Waals surface area contributed by atoms with Gasteiger partial charge in [-0.1, -0.05) is 24.3 Å². The van der Waals surface area contributed by atoms with Crippen molar-refractivity contribution < 1.29 is 9.18 Å². The van der Waals surface area contributed by atoms with Crippen LogP contribution in [0.5, 0.6) is 0 Å². The van der Waals surface area contributed by atoms with E-state index >= 15 is 0 Å². The number of H-pyrrole nitrogens is 1. The van der Waals surface area contributed by atoms with Crippen LogP contribution in [0.4, 0.5) is 4.39 Å². The molecule has 8 heteroatoms. The molecule has 1 amide bonds. The molecule has 3 N–H and O–H groups in total. The summed E-state index contributed by atoms with van der Waals surface area (Å²) in [4.78, 5) is 35.7. The Bertz CT molecular complexity index is 1850. The van der Waals surface area contributed by atoms with Gasteiger partial charge in [0.2, 0.25) is 0 Å². The number of nitrogens with two attached hydrogens (primary N) is 1. The van der Waals surface area contributed by atoms with Crippen LogP contribution in [0.1, 0.15) is 28.0 Å². The summed E-state index contributed by atoms with van der Waals surface area (Å²) >= 11 is 0. The van der Waals surface area contributed by atoms with Crippen LogP contribution in [0.2, 0.25) is 0 Å². The minimum Gasteiger partial charge on any atom is -0.366 e. The van der Waals surface area contributed by atoms with E-state index in [0.29, 0.717) is 22.3 Å². The first-order chi connectivity index (χ1) is 18.3. The third-order valence-corrected chi connectivity index (χ3v) is 7.39. The van der Waals surface area contributed by atoms with E-state index in [1.54, 1.807) is 6.07 Å². The second kappa shape index (κ2) is 9.08. The lowest BCUT2D eigenvalue weighted by molar-refractivity contribution is 0.100. The summed E-state index contributed by atoms with van der Waals surface area (Å²) in [7, 11) is 2.09. The molecule has 5 aromatic rings. The van der Waals surface area contributed by atoms with E-state index in [9.17, 15) is 14.0 Å². The number of amides is 1. The van der Waals surface area contributed by atoms with E-state index < -0.39 is 11.7 Å². The van der Waals surface area contributed by atoms with Gasteiger partial charge in [-0.25, -0.2) is 9.37 Å². The van der Waals surface area contributed by atoms with Gasteiger partial charge in [0.1, 0.15) is 12.1 Å². The maximum Gasteiger partial charge on any atom is 0.265 e. The summed E-state index contributed by atoms with van der Waals surface area (Å²) in [5.41, 5.74) is 12.4. The number of primary amides is 1. The largest absolute Gasteiger partial charge is 0.366 e. The Balaban J connectivity index is 1.54. The van der Waals surface area contributed by atoms with Crippen molar-refractivity contribution in [2.24, 2.45) is 5.73 Å². The summed E-state index contributed by atoms with van der Waals surface area (Å²) in [5.74, 6) is -0.988. The molecule has 190 valence electrons. The van der Waals surface area contributed by atoms with Crippen molar-refractivity contribution in [1.29, 1.82) is 0 Å². The van der Waals surface area contributed by atoms with Gasteiger partial charge in [-0.05, 0) is 79.1 Å².